The standard InChI is InChI=1S/C41H48Cl3N3O4/c1-26-11-12-27(2)37(28(26)3)50-22-20-30-13-15-31(16-14-30)34-23-33-24-45-25-35(47(33)39(49)51-40(4,5)41(42,43)44)36(34)38(48)46(32-17-18-32)21-19-29-9-7-6-8-10-29/h6-16,32-33,35,45H,17-25H2,1-5H3/t33?,35-/m1/s1. The van der Waals surface area contributed by atoms with Crippen molar-refractivity contribution in [2.24, 2.45) is 0 Å². The maximum absolute atomic E-state index is 14.9. The summed E-state index contributed by atoms with van der Waals surface area (Å²) >= 11 is 18.7. The molecule has 2 bridgehead atoms. The molecule has 0 radical (unpaired) electrons. The summed E-state index contributed by atoms with van der Waals surface area (Å²) in [5.41, 5.74) is 7.04. The Balaban J connectivity index is 1.30. The van der Waals surface area contributed by atoms with Crippen LogP contribution in [-0.4, -0.2) is 75.6 Å². The largest absolute Gasteiger partial charge is 0.493 e. The van der Waals surface area contributed by atoms with Gasteiger partial charge in [0, 0.05) is 37.7 Å². The zero-order valence-corrected chi connectivity index (χ0v) is 32.4. The number of aryl methyl sites for hydroxylation is 2. The van der Waals surface area contributed by atoms with Crippen LogP contribution >= 0.6 is 34.8 Å². The van der Waals surface area contributed by atoms with Crippen LogP contribution in [0, 0.1) is 20.8 Å². The lowest BCUT2D eigenvalue weighted by atomic mass is 9.81. The second-order valence-corrected chi connectivity index (χ2v) is 16.9. The molecule has 7 nitrogen and oxygen atoms in total. The van der Waals surface area contributed by atoms with Gasteiger partial charge in [0.25, 0.3) is 5.91 Å². The topological polar surface area (TPSA) is 71.1 Å². The molecule has 3 aliphatic rings. The zero-order valence-electron chi connectivity index (χ0n) is 30.1. The number of alkyl halides is 3. The van der Waals surface area contributed by atoms with Crippen molar-refractivity contribution in [3.8, 4) is 5.75 Å². The molecule has 2 heterocycles. The van der Waals surface area contributed by atoms with Crippen molar-refractivity contribution in [1.82, 2.24) is 15.1 Å². The fraction of sp³-hybridized carbons (Fsp3) is 0.463. The van der Waals surface area contributed by atoms with Crippen LogP contribution in [0.15, 0.2) is 72.3 Å². The van der Waals surface area contributed by atoms with Crippen molar-refractivity contribution < 1.29 is 19.1 Å². The van der Waals surface area contributed by atoms with Gasteiger partial charge in [-0.1, -0.05) is 102 Å². The van der Waals surface area contributed by atoms with Crippen molar-refractivity contribution >= 4 is 52.4 Å². The second kappa shape index (κ2) is 15.4. The quantitative estimate of drug-likeness (QED) is 0.199. The SMILES string of the molecule is Cc1ccc(C)c(OCCc2ccc(C3=C(C(=O)N(CCc4ccccc4)C4CC4)[C@H]4CNCC(C3)N4C(=O)OC(C)(C)C(Cl)(Cl)Cl)cc2)c1C. The number of rotatable bonds is 11. The molecule has 6 rings (SSSR count). The Morgan fingerprint density at radius 3 is 2.22 bits per heavy atom. The molecule has 3 aromatic rings. The number of piperazine rings is 1. The highest BCUT2D eigenvalue weighted by atomic mass is 35.6. The highest BCUT2D eigenvalue weighted by Gasteiger charge is 2.50. The summed E-state index contributed by atoms with van der Waals surface area (Å²) in [6.45, 7) is 11.6. The molecule has 1 saturated carbocycles. The molecule has 3 aromatic carbocycles. The van der Waals surface area contributed by atoms with Crippen LogP contribution in [0.25, 0.3) is 5.57 Å². The third-order valence-electron chi connectivity index (χ3n) is 10.6. The van der Waals surface area contributed by atoms with Gasteiger partial charge in [-0.3, -0.25) is 9.69 Å². The average Bonchev–Trinajstić information content (AvgIpc) is 3.93. The molecule has 1 N–H and O–H groups in total. The highest BCUT2D eigenvalue weighted by Crippen LogP contribution is 2.43. The lowest BCUT2D eigenvalue weighted by molar-refractivity contribution is -0.128. The van der Waals surface area contributed by atoms with Crippen molar-refractivity contribution in [1.29, 1.82) is 0 Å². The summed E-state index contributed by atoms with van der Waals surface area (Å²) in [6, 6.07) is 22.3. The summed E-state index contributed by atoms with van der Waals surface area (Å²) in [4.78, 5) is 32.6. The van der Waals surface area contributed by atoms with Crippen LogP contribution in [0.1, 0.15) is 66.5 Å². The fourth-order valence-corrected chi connectivity index (χ4v) is 7.24. The van der Waals surface area contributed by atoms with E-state index in [1.807, 2.05) is 23.1 Å². The molecule has 0 spiro atoms. The van der Waals surface area contributed by atoms with E-state index in [2.05, 4.69) is 74.6 Å². The van der Waals surface area contributed by atoms with E-state index in [0.717, 1.165) is 53.7 Å². The van der Waals surface area contributed by atoms with E-state index in [4.69, 9.17) is 44.3 Å². The molecule has 2 atom stereocenters. The van der Waals surface area contributed by atoms with Gasteiger partial charge in [-0.25, -0.2) is 4.79 Å². The van der Waals surface area contributed by atoms with E-state index in [1.165, 1.54) is 16.7 Å². The van der Waals surface area contributed by atoms with Gasteiger partial charge in [0.2, 0.25) is 3.79 Å². The predicted molar refractivity (Wildman–Crippen MR) is 206 cm³/mol. The number of carbonyl (C=O) groups is 2. The van der Waals surface area contributed by atoms with Crippen LogP contribution < -0.4 is 10.1 Å². The van der Waals surface area contributed by atoms with E-state index >= 15 is 0 Å². The first-order valence-corrected chi connectivity index (χ1v) is 19.0. The Bertz CT molecular complexity index is 1770. The number of ether oxygens (including phenoxy) is 2. The molecule has 51 heavy (non-hydrogen) atoms. The molecule has 10 heteroatoms. The van der Waals surface area contributed by atoms with Crippen LogP contribution in [0.3, 0.4) is 0 Å². The van der Waals surface area contributed by atoms with Crippen molar-refractivity contribution in [3.05, 3.63) is 106 Å². The van der Waals surface area contributed by atoms with Crippen molar-refractivity contribution in [2.45, 2.75) is 94.2 Å². The number of halogens is 3. The van der Waals surface area contributed by atoms with Gasteiger partial charge in [0.15, 0.2) is 5.60 Å². The summed E-state index contributed by atoms with van der Waals surface area (Å²) in [5.74, 6) is 0.922. The van der Waals surface area contributed by atoms with E-state index in [-0.39, 0.29) is 18.0 Å². The van der Waals surface area contributed by atoms with E-state index in [9.17, 15) is 9.59 Å². The maximum Gasteiger partial charge on any atom is 0.411 e. The molecule has 2 aliphatic heterocycles. The predicted octanol–water partition coefficient (Wildman–Crippen LogP) is 8.55. The summed E-state index contributed by atoms with van der Waals surface area (Å²) in [6.07, 6.45) is 3.33. The van der Waals surface area contributed by atoms with Gasteiger partial charge in [-0.05, 0) is 99.3 Å². The first kappa shape index (κ1) is 37.5. The zero-order chi connectivity index (χ0) is 36.5. The van der Waals surface area contributed by atoms with Gasteiger partial charge in [-0.15, -0.1) is 0 Å². The maximum atomic E-state index is 14.9. The second-order valence-electron chi connectivity index (χ2n) is 14.6. The van der Waals surface area contributed by atoms with Gasteiger partial charge >= 0.3 is 6.09 Å². The minimum absolute atomic E-state index is 0.0320. The molecular formula is C41H48Cl3N3O4. The van der Waals surface area contributed by atoms with Crippen molar-refractivity contribution in [2.75, 3.05) is 26.2 Å². The molecular weight excluding hydrogens is 705 g/mol. The number of amides is 2. The Morgan fingerprint density at radius 2 is 1.55 bits per heavy atom. The molecule has 1 unspecified atom stereocenters. The fourth-order valence-electron chi connectivity index (χ4n) is 7.12. The number of fused-ring (bicyclic) bond motifs is 2. The normalized spacial score (nSPS) is 19.2. The lowest BCUT2D eigenvalue weighted by Crippen LogP contribution is -2.64. The van der Waals surface area contributed by atoms with Gasteiger partial charge in [0.1, 0.15) is 5.75 Å². The Morgan fingerprint density at radius 1 is 0.882 bits per heavy atom. The smallest absolute Gasteiger partial charge is 0.411 e. The lowest BCUT2D eigenvalue weighted by Gasteiger charge is -2.48. The Kier molecular flexibility index (Phi) is 11.3. The first-order valence-electron chi connectivity index (χ1n) is 17.9. The van der Waals surface area contributed by atoms with Crippen molar-refractivity contribution in [3.63, 3.8) is 0 Å². The molecule has 0 aromatic heterocycles. The van der Waals surface area contributed by atoms with Crippen LogP contribution in [-0.2, 0) is 22.4 Å². The van der Waals surface area contributed by atoms with E-state index in [1.54, 1.807) is 18.7 Å². The number of nitrogens with one attached hydrogen (secondary N) is 1. The third-order valence-corrected chi connectivity index (χ3v) is 11.9. The number of hydrogen-bond donors (Lipinski definition) is 1. The average molecular weight is 753 g/mol. The number of hydrogen-bond acceptors (Lipinski definition) is 5. The van der Waals surface area contributed by atoms with Gasteiger partial charge in [0.05, 0.1) is 18.7 Å². The monoisotopic (exact) mass is 751 g/mol. The molecule has 2 fully saturated rings. The minimum Gasteiger partial charge on any atom is -0.493 e. The molecule has 2 amide bonds. The molecule has 272 valence electrons. The highest BCUT2D eigenvalue weighted by molar-refractivity contribution is 6.68. The molecule has 1 aliphatic carbocycles. The third kappa shape index (κ3) is 8.38. The number of carbonyl (C=O) groups excluding carboxylic acids is 2. The van der Waals surface area contributed by atoms with Gasteiger partial charge < -0.3 is 19.7 Å². The molecule has 1 saturated heterocycles. The Hall–Kier alpha value is -3.23. The number of nitrogens with zero attached hydrogens (tertiary/aromatic N) is 2. The summed E-state index contributed by atoms with van der Waals surface area (Å²) < 4.78 is 10.3. The van der Waals surface area contributed by atoms with Crippen LogP contribution in [0.5, 0.6) is 5.75 Å². The van der Waals surface area contributed by atoms with E-state index < -0.39 is 21.5 Å². The van der Waals surface area contributed by atoms with Crippen LogP contribution in [0.4, 0.5) is 4.79 Å². The van der Waals surface area contributed by atoms with E-state index in [0.29, 0.717) is 38.2 Å². The summed E-state index contributed by atoms with van der Waals surface area (Å²) in [5, 5.41) is 3.47. The van der Waals surface area contributed by atoms with Crippen LogP contribution in [0.2, 0.25) is 0 Å². The first-order chi connectivity index (χ1) is 24.2. The number of benzene rings is 3. The minimum atomic E-state index is -1.84. The Labute approximate surface area is 317 Å². The van der Waals surface area contributed by atoms with Gasteiger partial charge in [-0.2, -0.15) is 0 Å². The summed E-state index contributed by atoms with van der Waals surface area (Å²) in [7, 11) is 0.